The van der Waals surface area contributed by atoms with Crippen LogP contribution in [0.4, 0.5) is 0 Å². The van der Waals surface area contributed by atoms with Gasteiger partial charge in [0.05, 0.1) is 11.4 Å². The molecule has 0 unspecified atom stereocenters. The predicted octanol–water partition coefficient (Wildman–Crippen LogP) is 2.05. The molecule has 0 saturated carbocycles. The Bertz CT molecular complexity index is 289. The Labute approximate surface area is 91.9 Å². The summed E-state index contributed by atoms with van der Waals surface area (Å²) >= 11 is 0. The first kappa shape index (κ1) is 12.2. The van der Waals surface area contributed by atoms with Crippen molar-refractivity contribution in [3.8, 4) is 0 Å². The van der Waals surface area contributed by atoms with Crippen molar-refractivity contribution >= 4 is 0 Å². The molecule has 0 aromatic carbocycles. The molecule has 0 radical (unpaired) electrons. The highest BCUT2D eigenvalue weighted by atomic mass is 15.4. The van der Waals surface area contributed by atoms with Crippen LogP contribution in [0.25, 0.3) is 0 Å². The monoisotopic (exact) mass is 210 g/mol. The molecule has 86 valence electrons. The van der Waals surface area contributed by atoms with Gasteiger partial charge < -0.3 is 5.73 Å². The van der Waals surface area contributed by atoms with Crippen molar-refractivity contribution in [1.82, 2.24) is 15.0 Å². The SMILES string of the molecule is CCCn1nnc(CN)c1C(CC)CC. The molecule has 0 bridgehead atoms. The average molecular weight is 210 g/mol. The molecule has 0 amide bonds. The van der Waals surface area contributed by atoms with Gasteiger partial charge in [-0.15, -0.1) is 5.10 Å². The Kier molecular flexibility index (Phi) is 4.75. The second-order valence-corrected chi connectivity index (χ2v) is 3.86. The lowest BCUT2D eigenvalue weighted by molar-refractivity contribution is 0.507. The van der Waals surface area contributed by atoms with Crippen LogP contribution in [-0.2, 0) is 13.1 Å². The highest BCUT2D eigenvalue weighted by Gasteiger charge is 2.18. The number of aromatic nitrogens is 3. The van der Waals surface area contributed by atoms with Crippen molar-refractivity contribution in [3.63, 3.8) is 0 Å². The van der Waals surface area contributed by atoms with Crippen LogP contribution in [0.3, 0.4) is 0 Å². The van der Waals surface area contributed by atoms with Crippen LogP contribution in [0.1, 0.15) is 57.3 Å². The van der Waals surface area contributed by atoms with Gasteiger partial charge in [0.1, 0.15) is 0 Å². The summed E-state index contributed by atoms with van der Waals surface area (Å²) in [6.45, 7) is 8.00. The van der Waals surface area contributed by atoms with Gasteiger partial charge in [0, 0.05) is 19.0 Å². The van der Waals surface area contributed by atoms with E-state index < -0.39 is 0 Å². The van der Waals surface area contributed by atoms with Gasteiger partial charge in [0.25, 0.3) is 0 Å². The van der Waals surface area contributed by atoms with Crippen LogP contribution < -0.4 is 5.73 Å². The summed E-state index contributed by atoms with van der Waals surface area (Å²) in [6.07, 6.45) is 3.34. The standard InChI is InChI=1S/C11H22N4/c1-4-7-15-11(9(5-2)6-3)10(8-12)13-14-15/h9H,4-8,12H2,1-3H3. The third-order valence-corrected chi connectivity index (χ3v) is 2.85. The lowest BCUT2D eigenvalue weighted by atomic mass is 9.97. The minimum atomic E-state index is 0.496. The number of hydrogen-bond acceptors (Lipinski definition) is 3. The first-order valence-electron chi connectivity index (χ1n) is 5.90. The molecular weight excluding hydrogens is 188 g/mol. The molecule has 15 heavy (non-hydrogen) atoms. The summed E-state index contributed by atoms with van der Waals surface area (Å²) in [5.74, 6) is 0.546. The van der Waals surface area contributed by atoms with Crippen molar-refractivity contribution in [1.29, 1.82) is 0 Å². The molecule has 1 aromatic heterocycles. The van der Waals surface area contributed by atoms with Gasteiger partial charge in [-0.1, -0.05) is 26.0 Å². The van der Waals surface area contributed by atoms with E-state index in [1.165, 1.54) is 5.69 Å². The Hall–Kier alpha value is -0.900. The minimum absolute atomic E-state index is 0.496. The quantitative estimate of drug-likeness (QED) is 0.781. The molecule has 0 aliphatic carbocycles. The first-order chi connectivity index (χ1) is 7.28. The van der Waals surface area contributed by atoms with Crippen LogP contribution in [0.15, 0.2) is 0 Å². The van der Waals surface area contributed by atoms with E-state index in [0.29, 0.717) is 12.5 Å². The molecule has 1 aromatic rings. The third-order valence-electron chi connectivity index (χ3n) is 2.85. The number of aryl methyl sites for hydroxylation is 1. The van der Waals surface area contributed by atoms with Crippen molar-refractivity contribution in [3.05, 3.63) is 11.4 Å². The first-order valence-corrected chi connectivity index (χ1v) is 5.90. The zero-order valence-electron chi connectivity index (χ0n) is 10.0. The fourth-order valence-corrected chi connectivity index (χ4v) is 2.00. The Morgan fingerprint density at radius 3 is 2.40 bits per heavy atom. The van der Waals surface area contributed by atoms with Gasteiger partial charge in [0.15, 0.2) is 0 Å². The highest BCUT2D eigenvalue weighted by Crippen LogP contribution is 2.25. The van der Waals surface area contributed by atoms with Crippen molar-refractivity contribution in [2.45, 2.75) is 59.0 Å². The van der Waals surface area contributed by atoms with Gasteiger partial charge in [-0.05, 0) is 19.3 Å². The zero-order valence-corrected chi connectivity index (χ0v) is 10.0. The maximum absolute atomic E-state index is 5.69. The third kappa shape index (κ3) is 2.56. The van der Waals surface area contributed by atoms with Gasteiger partial charge in [-0.2, -0.15) is 0 Å². The van der Waals surface area contributed by atoms with E-state index in [1.54, 1.807) is 0 Å². The molecule has 4 nitrogen and oxygen atoms in total. The maximum atomic E-state index is 5.69. The van der Waals surface area contributed by atoms with E-state index in [1.807, 2.05) is 4.68 Å². The fourth-order valence-electron chi connectivity index (χ4n) is 2.00. The predicted molar refractivity (Wildman–Crippen MR) is 61.5 cm³/mol. The molecule has 4 heteroatoms. The van der Waals surface area contributed by atoms with E-state index in [9.17, 15) is 0 Å². The van der Waals surface area contributed by atoms with Crippen molar-refractivity contribution < 1.29 is 0 Å². The van der Waals surface area contributed by atoms with E-state index in [4.69, 9.17) is 5.73 Å². The van der Waals surface area contributed by atoms with Crippen LogP contribution in [0, 0.1) is 0 Å². The minimum Gasteiger partial charge on any atom is -0.325 e. The molecule has 0 spiro atoms. The molecule has 0 atom stereocenters. The zero-order chi connectivity index (χ0) is 11.3. The normalized spacial score (nSPS) is 11.3. The fraction of sp³-hybridized carbons (Fsp3) is 0.818. The molecule has 0 aliphatic heterocycles. The molecule has 0 fully saturated rings. The largest absolute Gasteiger partial charge is 0.325 e. The lowest BCUT2D eigenvalue weighted by Crippen LogP contribution is -2.11. The summed E-state index contributed by atoms with van der Waals surface area (Å²) in [7, 11) is 0. The smallest absolute Gasteiger partial charge is 0.0997 e. The molecule has 2 N–H and O–H groups in total. The topological polar surface area (TPSA) is 56.7 Å². The number of rotatable bonds is 6. The maximum Gasteiger partial charge on any atom is 0.0997 e. The van der Waals surface area contributed by atoms with Crippen molar-refractivity contribution in [2.24, 2.45) is 5.73 Å². The molecule has 0 saturated heterocycles. The second kappa shape index (κ2) is 5.85. The molecule has 1 heterocycles. The Morgan fingerprint density at radius 1 is 1.27 bits per heavy atom. The summed E-state index contributed by atoms with van der Waals surface area (Å²) in [4.78, 5) is 0. The van der Waals surface area contributed by atoms with Crippen LogP contribution in [0.2, 0.25) is 0 Å². The van der Waals surface area contributed by atoms with E-state index in [-0.39, 0.29) is 0 Å². The van der Waals surface area contributed by atoms with Crippen LogP contribution >= 0.6 is 0 Å². The van der Waals surface area contributed by atoms with E-state index in [0.717, 1.165) is 31.5 Å². The second-order valence-electron chi connectivity index (χ2n) is 3.86. The van der Waals surface area contributed by atoms with Crippen LogP contribution in [0.5, 0.6) is 0 Å². The Morgan fingerprint density at radius 2 is 1.93 bits per heavy atom. The van der Waals surface area contributed by atoms with Crippen molar-refractivity contribution in [2.75, 3.05) is 0 Å². The highest BCUT2D eigenvalue weighted by molar-refractivity contribution is 5.15. The number of hydrogen-bond donors (Lipinski definition) is 1. The van der Waals surface area contributed by atoms with Gasteiger partial charge in [-0.25, -0.2) is 4.68 Å². The van der Waals surface area contributed by atoms with E-state index in [2.05, 4.69) is 31.1 Å². The molecule has 0 aliphatic rings. The Balaban J connectivity index is 3.02. The number of nitrogens with zero attached hydrogens (tertiary/aromatic N) is 3. The average Bonchev–Trinajstić information content (AvgIpc) is 2.64. The van der Waals surface area contributed by atoms with Crippen LogP contribution in [-0.4, -0.2) is 15.0 Å². The lowest BCUT2D eigenvalue weighted by Gasteiger charge is -2.15. The summed E-state index contributed by atoms with van der Waals surface area (Å²) in [5, 5.41) is 8.34. The van der Waals surface area contributed by atoms with Gasteiger partial charge in [0.2, 0.25) is 0 Å². The van der Waals surface area contributed by atoms with E-state index >= 15 is 0 Å². The molecular formula is C11H22N4. The van der Waals surface area contributed by atoms with Gasteiger partial charge >= 0.3 is 0 Å². The summed E-state index contributed by atoms with van der Waals surface area (Å²) in [5.41, 5.74) is 7.92. The summed E-state index contributed by atoms with van der Waals surface area (Å²) in [6, 6.07) is 0. The number of nitrogens with two attached hydrogens (primary N) is 1. The molecule has 1 rings (SSSR count). The van der Waals surface area contributed by atoms with Gasteiger partial charge in [-0.3, -0.25) is 0 Å². The summed E-state index contributed by atoms with van der Waals surface area (Å²) < 4.78 is 2.03.